The number of amides is 1. The van der Waals surface area contributed by atoms with Crippen molar-refractivity contribution >= 4 is 17.2 Å². The summed E-state index contributed by atoms with van der Waals surface area (Å²) in [5, 5.41) is 5.10. The molecule has 0 spiro atoms. The molecule has 0 unspecified atom stereocenters. The zero-order chi connectivity index (χ0) is 16.1. The van der Waals surface area contributed by atoms with Crippen molar-refractivity contribution in [3.63, 3.8) is 0 Å². The number of hydrogen-bond acceptors (Lipinski definition) is 4. The molecule has 0 aliphatic heterocycles. The molecule has 1 saturated carbocycles. The third-order valence-electron chi connectivity index (χ3n) is 4.00. The van der Waals surface area contributed by atoms with Crippen LogP contribution in [0, 0.1) is 0 Å². The molecule has 3 rings (SSSR count). The van der Waals surface area contributed by atoms with E-state index < -0.39 is 0 Å². The molecule has 1 aromatic carbocycles. The van der Waals surface area contributed by atoms with Gasteiger partial charge in [0.15, 0.2) is 0 Å². The van der Waals surface area contributed by atoms with Crippen molar-refractivity contribution in [2.45, 2.75) is 32.0 Å². The summed E-state index contributed by atoms with van der Waals surface area (Å²) in [5.41, 5.74) is 1.08. The third-order valence-corrected chi connectivity index (χ3v) is 4.86. The summed E-state index contributed by atoms with van der Waals surface area (Å²) in [4.78, 5) is 15.8. The summed E-state index contributed by atoms with van der Waals surface area (Å²) < 4.78 is 5.14. The van der Waals surface area contributed by atoms with E-state index in [9.17, 15) is 4.79 Å². The number of nitrogens with one attached hydrogen (secondary N) is 1. The Morgan fingerprint density at radius 1 is 1.30 bits per heavy atom. The molecule has 4 nitrogen and oxygen atoms in total. The van der Waals surface area contributed by atoms with Gasteiger partial charge in [0.05, 0.1) is 13.7 Å². The molecule has 1 aliphatic carbocycles. The molecule has 0 bridgehead atoms. The average Bonchev–Trinajstić information content (AvgIpc) is 3.30. The molecule has 1 amide bonds. The Morgan fingerprint density at radius 3 is 2.70 bits per heavy atom. The Balaban J connectivity index is 1.48. The van der Waals surface area contributed by atoms with Gasteiger partial charge in [-0.15, -0.1) is 11.3 Å². The number of hydrogen-bond donors (Lipinski definition) is 1. The average molecular weight is 330 g/mol. The Bertz CT molecular complexity index is 621. The van der Waals surface area contributed by atoms with Crippen molar-refractivity contribution in [3.05, 3.63) is 52.2 Å². The lowest BCUT2D eigenvalue weighted by Crippen LogP contribution is -2.37. The molecule has 1 N–H and O–H groups in total. The van der Waals surface area contributed by atoms with E-state index in [0.29, 0.717) is 19.1 Å². The summed E-state index contributed by atoms with van der Waals surface area (Å²) in [6.07, 6.45) is 2.41. The molecule has 0 radical (unpaired) electrons. The van der Waals surface area contributed by atoms with E-state index in [0.717, 1.165) is 17.9 Å². The van der Waals surface area contributed by atoms with Gasteiger partial charge in [-0.3, -0.25) is 9.69 Å². The molecule has 23 heavy (non-hydrogen) atoms. The SMILES string of the molecule is COc1ccc(CNC(=O)CN(Cc2cccs2)C2CC2)cc1. The van der Waals surface area contributed by atoms with Crippen LogP contribution in [0.25, 0.3) is 0 Å². The van der Waals surface area contributed by atoms with Gasteiger partial charge >= 0.3 is 0 Å². The van der Waals surface area contributed by atoms with Crippen LogP contribution in [0.5, 0.6) is 5.75 Å². The molecule has 0 atom stereocenters. The number of benzene rings is 1. The van der Waals surface area contributed by atoms with Crippen LogP contribution in [0.2, 0.25) is 0 Å². The molecule has 0 saturated heterocycles. The lowest BCUT2D eigenvalue weighted by atomic mass is 10.2. The predicted molar refractivity (Wildman–Crippen MR) is 92.6 cm³/mol. The maximum atomic E-state index is 12.2. The number of ether oxygens (including phenoxy) is 1. The minimum Gasteiger partial charge on any atom is -0.497 e. The summed E-state index contributed by atoms with van der Waals surface area (Å²) >= 11 is 1.75. The minimum atomic E-state index is 0.0873. The van der Waals surface area contributed by atoms with Crippen LogP contribution in [0.1, 0.15) is 23.3 Å². The Labute approximate surface area is 141 Å². The van der Waals surface area contributed by atoms with E-state index in [-0.39, 0.29) is 5.91 Å². The zero-order valence-corrected chi connectivity index (χ0v) is 14.1. The normalized spacial score (nSPS) is 14.0. The summed E-state index contributed by atoms with van der Waals surface area (Å²) in [6.45, 7) is 1.90. The van der Waals surface area contributed by atoms with Gasteiger partial charge in [-0.2, -0.15) is 0 Å². The lowest BCUT2D eigenvalue weighted by molar-refractivity contribution is -0.122. The van der Waals surface area contributed by atoms with Crippen molar-refractivity contribution in [1.29, 1.82) is 0 Å². The lowest BCUT2D eigenvalue weighted by Gasteiger charge is -2.20. The van der Waals surface area contributed by atoms with E-state index in [1.54, 1.807) is 18.4 Å². The first-order valence-corrected chi connectivity index (χ1v) is 8.78. The second-order valence-electron chi connectivity index (χ2n) is 5.84. The van der Waals surface area contributed by atoms with Crippen LogP contribution < -0.4 is 10.1 Å². The maximum absolute atomic E-state index is 12.2. The Hall–Kier alpha value is -1.85. The Kier molecular flexibility index (Phi) is 5.31. The van der Waals surface area contributed by atoms with Gasteiger partial charge in [0.2, 0.25) is 5.91 Å². The fraction of sp³-hybridized carbons (Fsp3) is 0.389. The second-order valence-corrected chi connectivity index (χ2v) is 6.87. The first-order chi connectivity index (χ1) is 11.2. The molecule has 1 aromatic heterocycles. The first-order valence-electron chi connectivity index (χ1n) is 7.90. The van der Waals surface area contributed by atoms with Crippen LogP contribution in [0.4, 0.5) is 0 Å². The summed E-state index contributed by atoms with van der Waals surface area (Å²) in [5.74, 6) is 0.917. The largest absolute Gasteiger partial charge is 0.497 e. The van der Waals surface area contributed by atoms with Gasteiger partial charge in [-0.05, 0) is 42.0 Å². The number of nitrogens with zero attached hydrogens (tertiary/aromatic N) is 1. The van der Waals surface area contributed by atoms with Gasteiger partial charge in [-0.1, -0.05) is 18.2 Å². The number of carbonyl (C=O) groups excluding carboxylic acids is 1. The first kappa shape index (κ1) is 16.0. The maximum Gasteiger partial charge on any atom is 0.234 e. The van der Waals surface area contributed by atoms with E-state index in [2.05, 4.69) is 27.7 Å². The molecule has 5 heteroatoms. The van der Waals surface area contributed by atoms with E-state index in [1.165, 1.54) is 17.7 Å². The van der Waals surface area contributed by atoms with Gasteiger partial charge in [0, 0.05) is 24.0 Å². The summed E-state index contributed by atoms with van der Waals surface area (Å²) in [6, 6.07) is 12.5. The Morgan fingerprint density at radius 2 is 2.09 bits per heavy atom. The van der Waals surface area contributed by atoms with Crippen molar-refractivity contribution < 1.29 is 9.53 Å². The van der Waals surface area contributed by atoms with Crippen LogP contribution in [0.3, 0.4) is 0 Å². The molecular weight excluding hydrogens is 308 g/mol. The molecule has 1 fully saturated rings. The smallest absolute Gasteiger partial charge is 0.234 e. The highest BCUT2D eigenvalue weighted by atomic mass is 32.1. The van der Waals surface area contributed by atoms with E-state index >= 15 is 0 Å². The van der Waals surface area contributed by atoms with Gasteiger partial charge in [-0.25, -0.2) is 0 Å². The molecule has 1 aliphatic rings. The molecule has 1 heterocycles. The van der Waals surface area contributed by atoms with Crippen LogP contribution in [0.15, 0.2) is 41.8 Å². The number of rotatable bonds is 8. The van der Waals surface area contributed by atoms with Crippen molar-refractivity contribution in [2.75, 3.05) is 13.7 Å². The van der Waals surface area contributed by atoms with Crippen molar-refractivity contribution in [1.82, 2.24) is 10.2 Å². The van der Waals surface area contributed by atoms with Crippen LogP contribution >= 0.6 is 11.3 Å². The quantitative estimate of drug-likeness (QED) is 0.809. The third kappa shape index (κ3) is 4.81. The number of methoxy groups -OCH3 is 1. The van der Waals surface area contributed by atoms with Crippen LogP contribution in [-0.2, 0) is 17.9 Å². The second kappa shape index (κ2) is 7.62. The fourth-order valence-electron chi connectivity index (χ4n) is 2.54. The van der Waals surface area contributed by atoms with Gasteiger partial charge in [0.1, 0.15) is 5.75 Å². The number of thiophene rings is 1. The molecular formula is C18H22N2O2S. The highest BCUT2D eigenvalue weighted by Crippen LogP contribution is 2.28. The highest BCUT2D eigenvalue weighted by Gasteiger charge is 2.30. The molecule has 122 valence electrons. The van der Waals surface area contributed by atoms with Crippen molar-refractivity contribution in [2.24, 2.45) is 0 Å². The molecule has 2 aromatic rings. The van der Waals surface area contributed by atoms with Crippen LogP contribution in [-0.4, -0.2) is 30.5 Å². The topological polar surface area (TPSA) is 41.6 Å². The van der Waals surface area contributed by atoms with Gasteiger partial charge in [0.25, 0.3) is 0 Å². The standard InChI is InChI=1S/C18H22N2O2S/c1-22-16-8-4-14(5-9-16)11-19-18(21)13-20(15-6-7-15)12-17-3-2-10-23-17/h2-5,8-10,15H,6-7,11-13H2,1H3,(H,19,21). The predicted octanol–water partition coefficient (Wildman–Crippen LogP) is 3.04. The highest BCUT2D eigenvalue weighted by molar-refractivity contribution is 7.09. The van der Waals surface area contributed by atoms with Gasteiger partial charge < -0.3 is 10.1 Å². The van der Waals surface area contributed by atoms with Crippen molar-refractivity contribution in [3.8, 4) is 5.75 Å². The van der Waals surface area contributed by atoms with E-state index in [4.69, 9.17) is 4.74 Å². The summed E-state index contributed by atoms with van der Waals surface area (Å²) in [7, 11) is 1.65. The zero-order valence-electron chi connectivity index (χ0n) is 13.3. The van der Waals surface area contributed by atoms with E-state index in [1.807, 2.05) is 24.3 Å². The number of carbonyl (C=O) groups is 1. The monoisotopic (exact) mass is 330 g/mol. The fourth-order valence-corrected chi connectivity index (χ4v) is 3.27. The minimum absolute atomic E-state index is 0.0873.